The van der Waals surface area contributed by atoms with E-state index in [1.54, 1.807) is 32.2 Å². The summed E-state index contributed by atoms with van der Waals surface area (Å²) in [5.41, 5.74) is 0.225. The van der Waals surface area contributed by atoms with Gasteiger partial charge in [-0.25, -0.2) is 14.5 Å². The Kier molecular flexibility index (Phi) is 7.13. The van der Waals surface area contributed by atoms with Crippen LogP contribution in [0, 0.1) is 0 Å². The zero-order chi connectivity index (χ0) is 27.1. The van der Waals surface area contributed by atoms with Gasteiger partial charge in [-0.3, -0.25) is 13.9 Å². The number of allylic oxidation sites excluding steroid dienone is 1. The van der Waals surface area contributed by atoms with Crippen molar-refractivity contribution in [2.45, 2.75) is 36.9 Å². The fourth-order valence-electron chi connectivity index (χ4n) is 4.65. The third kappa shape index (κ3) is 4.73. The number of urea groups is 2. The van der Waals surface area contributed by atoms with Crippen LogP contribution in [0.5, 0.6) is 0 Å². The third-order valence-electron chi connectivity index (χ3n) is 6.28. The number of hydrogen-bond donors (Lipinski definition) is 2. The molecule has 1 aliphatic carbocycles. The normalized spacial score (nSPS) is 18.7. The van der Waals surface area contributed by atoms with Gasteiger partial charge >= 0.3 is 18.2 Å². The second-order valence-corrected chi connectivity index (χ2v) is 9.86. The number of rotatable bonds is 5. The number of anilines is 2. The minimum absolute atomic E-state index is 0.0201. The van der Waals surface area contributed by atoms with Crippen LogP contribution >= 0.6 is 0 Å². The van der Waals surface area contributed by atoms with E-state index < -0.39 is 40.6 Å². The first kappa shape index (κ1) is 26.4. The number of carbonyl (C=O) groups excluding carboxylic acids is 3. The lowest BCUT2D eigenvalue weighted by atomic mass is 9.92. The van der Waals surface area contributed by atoms with Crippen molar-refractivity contribution in [2.75, 3.05) is 30.1 Å². The van der Waals surface area contributed by atoms with Crippen molar-refractivity contribution in [3.05, 3.63) is 64.9 Å². The average Bonchev–Trinajstić information content (AvgIpc) is 3.23. The van der Waals surface area contributed by atoms with E-state index in [1.165, 1.54) is 18.4 Å². The van der Waals surface area contributed by atoms with E-state index in [1.807, 2.05) is 0 Å². The molecule has 0 fully saturated rings. The molecular weight excluding hydrogens is 509 g/mol. The molecule has 12 heteroatoms. The minimum atomic E-state index is -4.66. The highest BCUT2D eigenvalue weighted by molar-refractivity contribution is 7.84. The first-order valence-electron chi connectivity index (χ1n) is 11.5. The Labute approximate surface area is 214 Å². The molecule has 2 atom stereocenters. The summed E-state index contributed by atoms with van der Waals surface area (Å²) < 4.78 is 53.1. The van der Waals surface area contributed by atoms with Crippen LogP contribution in [0.3, 0.4) is 0 Å². The van der Waals surface area contributed by atoms with Crippen molar-refractivity contribution >= 4 is 40.0 Å². The number of alkyl halides is 3. The maximum Gasteiger partial charge on any atom is 0.416 e. The third-order valence-corrected chi connectivity index (χ3v) is 7.26. The molecule has 1 heterocycles. The second-order valence-electron chi connectivity index (χ2n) is 8.51. The van der Waals surface area contributed by atoms with E-state index in [4.69, 9.17) is 0 Å². The monoisotopic (exact) mass is 534 g/mol. The first-order chi connectivity index (χ1) is 17.5. The second kappa shape index (κ2) is 10.0. The highest BCUT2D eigenvalue weighted by Crippen LogP contribution is 2.47. The molecule has 0 radical (unpaired) electrons. The highest BCUT2D eigenvalue weighted by Gasteiger charge is 2.49. The molecule has 196 valence electrons. The smallest absolute Gasteiger partial charge is 0.388 e. The van der Waals surface area contributed by atoms with Gasteiger partial charge < -0.3 is 10.6 Å². The van der Waals surface area contributed by atoms with E-state index in [0.29, 0.717) is 16.1 Å². The molecule has 0 spiro atoms. The van der Waals surface area contributed by atoms with E-state index >= 15 is 0 Å². The van der Waals surface area contributed by atoms with Crippen molar-refractivity contribution in [2.24, 2.45) is 0 Å². The van der Waals surface area contributed by atoms with Crippen LogP contribution in [0.1, 0.15) is 36.9 Å². The number of amides is 4. The largest absolute Gasteiger partial charge is 0.416 e. The van der Waals surface area contributed by atoms with Crippen LogP contribution in [0.15, 0.2) is 58.6 Å². The maximum atomic E-state index is 13.9. The van der Waals surface area contributed by atoms with Crippen LogP contribution in [0.4, 0.5) is 34.1 Å². The molecule has 0 aromatic heterocycles. The standard InChI is InChI=1S/C25H25F3N4O4S/c1-4-30-23(34)32-22(17-9-8-15(29-2)13-20(17)37(3)36)21-18(10-11-19(21)33)31(24(32)35)16-7-5-6-14(12-16)25(26,27)28/h5-9,12-13,22,29H,4,10-11H2,1-3H3,(H,30,34). The summed E-state index contributed by atoms with van der Waals surface area (Å²) >= 11 is 0. The van der Waals surface area contributed by atoms with Gasteiger partial charge in [-0.1, -0.05) is 12.1 Å². The lowest BCUT2D eigenvalue weighted by Crippen LogP contribution is -2.55. The molecule has 2 N–H and O–H groups in total. The number of imide groups is 1. The van der Waals surface area contributed by atoms with Gasteiger partial charge in [0.1, 0.15) is 0 Å². The molecule has 37 heavy (non-hydrogen) atoms. The molecule has 2 aliphatic rings. The van der Waals surface area contributed by atoms with Crippen LogP contribution in [-0.2, 0) is 21.8 Å². The Morgan fingerprint density at radius 2 is 1.86 bits per heavy atom. The topological polar surface area (TPSA) is 98.8 Å². The Morgan fingerprint density at radius 3 is 2.49 bits per heavy atom. The molecule has 0 saturated heterocycles. The number of Topliss-reactive ketones (excluding diaryl/α,β-unsaturated/α-hetero) is 1. The number of hydrogen-bond acceptors (Lipinski definition) is 5. The molecular formula is C25H25F3N4O4S. The van der Waals surface area contributed by atoms with Crippen molar-refractivity contribution in [3.63, 3.8) is 0 Å². The molecule has 0 bridgehead atoms. The van der Waals surface area contributed by atoms with Gasteiger partial charge in [0, 0.05) is 48.1 Å². The predicted octanol–water partition coefficient (Wildman–Crippen LogP) is 4.81. The molecule has 4 rings (SSSR count). The quantitative estimate of drug-likeness (QED) is 0.574. The number of carbonyl (C=O) groups is 3. The Morgan fingerprint density at radius 1 is 1.14 bits per heavy atom. The Balaban J connectivity index is 1.99. The summed E-state index contributed by atoms with van der Waals surface area (Å²) in [6, 6.07) is 6.14. The van der Waals surface area contributed by atoms with E-state index in [9.17, 15) is 31.8 Å². The van der Waals surface area contributed by atoms with Gasteiger partial charge in [-0.15, -0.1) is 0 Å². The zero-order valence-electron chi connectivity index (χ0n) is 20.3. The molecule has 1 aliphatic heterocycles. The van der Waals surface area contributed by atoms with Gasteiger partial charge in [-0.2, -0.15) is 13.2 Å². The molecule has 2 aromatic carbocycles. The molecule has 2 unspecified atom stereocenters. The van der Waals surface area contributed by atoms with Gasteiger partial charge in [0.2, 0.25) is 0 Å². The number of nitrogens with zero attached hydrogens (tertiary/aromatic N) is 2. The van der Waals surface area contributed by atoms with Crippen LogP contribution < -0.4 is 15.5 Å². The Hall–Kier alpha value is -3.67. The fourth-order valence-corrected chi connectivity index (χ4v) is 5.46. The van der Waals surface area contributed by atoms with Gasteiger partial charge in [0.05, 0.1) is 28.1 Å². The van der Waals surface area contributed by atoms with Crippen molar-refractivity contribution in [1.82, 2.24) is 10.2 Å². The van der Waals surface area contributed by atoms with E-state index in [2.05, 4.69) is 10.6 Å². The predicted molar refractivity (Wildman–Crippen MR) is 133 cm³/mol. The Bertz CT molecular complexity index is 1340. The molecule has 4 amide bonds. The molecule has 8 nitrogen and oxygen atoms in total. The fraction of sp³-hybridized carbons (Fsp3) is 0.320. The van der Waals surface area contributed by atoms with E-state index in [0.717, 1.165) is 21.9 Å². The van der Waals surface area contributed by atoms with Crippen LogP contribution in [0.25, 0.3) is 0 Å². The van der Waals surface area contributed by atoms with Gasteiger partial charge in [0.25, 0.3) is 0 Å². The summed E-state index contributed by atoms with van der Waals surface area (Å²) in [4.78, 5) is 42.5. The minimum Gasteiger partial charge on any atom is -0.388 e. The SMILES string of the molecule is CCNC(=O)N1C(=O)N(c2cccc(C(F)(F)F)c2)C2=C(C(=O)CC2)C1c1ccc(NC)cc1S(C)=O. The highest BCUT2D eigenvalue weighted by atomic mass is 32.2. The summed E-state index contributed by atoms with van der Waals surface area (Å²) in [6.45, 7) is 1.80. The summed E-state index contributed by atoms with van der Waals surface area (Å²) in [6.07, 6.45) is -3.09. The van der Waals surface area contributed by atoms with Crippen LogP contribution in [-0.4, -0.2) is 46.8 Å². The van der Waals surface area contributed by atoms with Crippen molar-refractivity contribution < 1.29 is 31.8 Å². The van der Waals surface area contributed by atoms with Crippen molar-refractivity contribution in [3.8, 4) is 0 Å². The summed E-state index contributed by atoms with van der Waals surface area (Å²) in [7, 11) is 0.121. The maximum absolute atomic E-state index is 13.9. The average molecular weight is 535 g/mol. The summed E-state index contributed by atoms with van der Waals surface area (Å²) in [5.74, 6) is -0.343. The number of benzene rings is 2. The number of nitrogens with one attached hydrogen (secondary N) is 2. The van der Waals surface area contributed by atoms with Crippen LogP contribution in [0.2, 0.25) is 0 Å². The van der Waals surface area contributed by atoms with E-state index in [-0.39, 0.29) is 42.1 Å². The summed E-state index contributed by atoms with van der Waals surface area (Å²) in [5, 5.41) is 5.50. The lowest BCUT2D eigenvalue weighted by molar-refractivity contribution is -0.137. The first-order valence-corrected chi connectivity index (χ1v) is 13.0. The zero-order valence-corrected chi connectivity index (χ0v) is 21.1. The molecule has 0 saturated carbocycles. The van der Waals surface area contributed by atoms with Gasteiger partial charge in [-0.05, 0) is 49.2 Å². The lowest BCUT2D eigenvalue weighted by Gasteiger charge is -2.41. The number of halogens is 3. The van der Waals surface area contributed by atoms with Gasteiger partial charge in [0.15, 0.2) is 5.78 Å². The molecule has 2 aromatic rings. The number of ketones is 1. The van der Waals surface area contributed by atoms with Crippen molar-refractivity contribution in [1.29, 1.82) is 0 Å².